The van der Waals surface area contributed by atoms with Crippen LogP contribution < -0.4 is 10.1 Å². The number of ether oxygens (including phenoxy) is 1. The topological polar surface area (TPSA) is 69.0 Å². The molecule has 0 spiro atoms. The van der Waals surface area contributed by atoms with Crippen LogP contribution in [0.2, 0.25) is 5.02 Å². The molecule has 1 N–H and O–H groups in total. The predicted octanol–water partition coefficient (Wildman–Crippen LogP) is 5.85. The molecular formula is C25H23ClN4O2S. The van der Waals surface area contributed by atoms with Crippen molar-refractivity contribution in [3.63, 3.8) is 0 Å². The van der Waals surface area contributed by atoms with Crippen molar-refractivity contribution in [3.05, 3.63) is 94.8 Å². The highest BCUT2D eigenvalue weighted by Crippen LogP contribution is 2.27. The zero-order chi connectivity index (χ0) is 23.2. The molecule has 0 radical (unpaired) electrons. The number of halogens is 1. The molecule has 1 aromatic heterocycles. The first-order chi connectivity index (χ1) is 16.0. The molecule has 33 heavy (non-hydrogen) atoms. The number of benzene rings is 3. The van der Waals surface area contributed by atoms with Crippen molar-refractivity contribution >= 4 is 35.0 Å². The van der Waals surface area contributed by atoms with Gasteiger partial charge in [-0.15, -0.1) is 10.2 Å². The van der Waals surface area contributed by atoms with Gasteiger partial charge in [0.05, 0.1) is 16.5 Å². The fourth-order valence-corrected chi connectivity index (χ4v) is 4.32. The van der Waals surface area contributed by atoms with Crippen molar-refractivity contribution in [1.29, 1.82) is 0 Å². The highest BCUT2D eigenvalue weighted by molar-refractivity contribution is 7.99. The number of carbonyl (C=O) groups excluding carboxylic acids is 1. The molecule has 0 bridgehead atoms. The number of aromatic nitrogens is 3. The van der Waals surface area contributed by atoms with Gasteiger partial charge < -0.3 is 10.1 Å². The minimum atomic E-state index is -0.177. The molecular weight excluding hydrogens is 456 g/mol. The normalized spacial score (nSPS) is 10.8. The van der Waals surface area contributed by atoms with Crippen LogP contribution in [0.5, 0.6) is 5.75 Å². The van der Waals surface area contributed by atoms with Crippen molar-refractivity contribution in [1.82, 2.24) is 14.8 Å². The minimum Gasteiger partial charge on any atom is -0.485 e. The third-order valence-corrected chi connectivity index (χ3v) is 6.21. The van der Waals surface area contributed by atoms with Gasteiger partial charge in [-0.25, -0.2) is 0 Å². The van der Waals surface area contributed by atoms with Crippen molar-refractivity contribution in [3.8, 4) is 11.4 Å². The van der Waals surface area contributed by atoms with E-state index in [2.05, 4.69) is 15.5 Å². The molecule has 0 saturated heterocycles. The van der Waals surface area contributed by atoms with Gasteiger partial charge in [0.25, 0.3) is 0 Å². The molecule has 168 valence electrons. The summed E-state index contributed by atoms with van der Waals surface area (Å²) in [6, 6.07) is 23.0. The maximum Gasteiger partial charge on any atom is 0.234 e. The number of hydrogen-bond acceptors (Lipinski definition) is 5. The van der Waals surface area contributed by atoms with E-state index in [9.17, 15) is 4.79 Å². The number of aryl methyl sites for hydroxylation is 2. The van der Waals surface area contributed by atoms with Crippen LogP contribution in [0.25, 0.3) is 5.69 Å². The number of carbonyl (C=O) groups is 1. The van der Waals surface area contributed by atoms with Gasteiger partial charge in [0.15, 0.2) is 11.0 Å². The van der Waals surface area contributed by atoms with Gasteiger partial charge in [0, 0.05) is 5.69 Å². The largest absolute Gasteiger partial charge is 0.485 e. The van der Waals surface area contributed by atoms with E-state index in [1.807, 2.05) is 79.1 Å². The molecule has 4 rings (SSSR count). The maximum absolute atomic E-state index is 12.5. The molecule has 0 aliphatic carbocycles. The van der Waals surface area contributed by atoms with Gasteiger partial charge >= 0.3 is 0 Å². The van der Waals surface area contributed by atoms with Crippen molar-refractivity contribution in [2.24, 2.45) is 0 Å². The highest BCUT2D eigenvalue weighted by Gasteiger charge is 2.17. The molecule has 0 aliphatic heterocycles. The Kier molecular flexibility index (Phi) is 7.32. The lowest BCUT2D eigenvalue weighted by Crippen LogP contribution is -2.15. The number of thioether (sulfide) groups is 1. The number of anilines is 1. The molecule has 0 saturated carbocycles. The Balaban J connectivity index is 1.53. The molecule has 4 aromatic rings. The summed E-state index contributed by atoms with van der Waals surface area (Å²) in [6.07, 6.45) is 0. The summed E-state index contributed by atoms with van der Waals surface area (Å²) in [5.74, 6) is 1.48. The van der Waals surface area contributed by atoms with Crippen LogP contribution in [-0.2, 0) is 11.4 Å². The van der Waals surface area contributed by atoms with Crippen LogP contribution in [0.1, 0.15) is 17.0 Å². The number of hydrogen-bond donors (Lipinski definition) is 1. The van der Waals surface area contributed by atoms with Gasteiger partial charge in [-0.2, -0.15) is 0 Å². The number of rotatable bonds is 8. The van der Waals surface area contributed by atoms with Gasteiger partial charge in [-0.3, -0.25) is 9.36 Å². The molecule has 1 amide bonds. The average molecular weight is 479 g/mol. The monoisotopic (exact) mass is 478 g/mol. The third kappa shape index (κ3) is 5.56. The standard InChI is InChI=1S/C25H23ClN4O2S/c1-17-9-8-10-18(2)24(17)32-15-22-28-29-25(30(22)19-11-4-3-5-12-19)33-16-23(31)27-21-14-7-6-13-20(21)26/h3-14H,15-16H2,1-2H3,(H,27,31). The summed E-state index contributed by atoms with van der Waals surface area (Å²) in [4.78, 5) is 12.5. The number of amides is 1. The fraction of sp³-hybridized carbons (Fsp3) is 0.160. The predicted molar refractivity (Wildman–Crippen MR) is 132 cm³/mol. The molecule has 3 aromatic carbocycles. The van der Waals surface area contributed by atoms with E-state index in [0.29, 0.717) is 21.7 Å². The lowest BCUT2D eigenvalue weighted by atomic mass is 10.1. The second-order valence-corrected chi connectivity index (χ2v) is 8.75. The molecule has 0 fully saturated rings. The quantitative estimate of drug-likeness (QED) is 0.322. The van der Waals surface area contributed by atoms with Crippen LogP contribution >= 0.6 is 23.4 Å². The molecule has 0 atom stereocenters. The fourth-order valence-electron chi connectivity index (χ4n) is 3.37. The first kappa shape index (κ1) is 22.9. The summed E-state index contributed by atoms with van der Waals surface area (Å²) < 4.78 is 8.04. The number of nitrogens with one attached hydrogen (secondary N) is 1. The van der Waals surface area contributed by atoms with Crippen molar-refractivity contribution in [2.45, 2.75) is 25.6 Å². The first-order valence-electron chi connectivity index (χ1n) is 10.4. The van der Waals surface area contributed by atoms with Crippen LogP contribution in [-0.4, -0.2) is 26.4 Å². The van der Waals surface area contributed by atoms with E-state index < -0.39 is 0 Å². The van der Waals surface area contributed by atoms with Crippen molar-refractivity contribution < 1.29 is 9.53 Å². The summed E-state index contributed by atoms with van der Waals surface area (Å²) in [7, 11) is 0. The van der Waals surface area contributed by atoms with Crippen LogP contribution in [0, 0.1) is 13.8 Å². The second-order valence-electron chi connectivity index (χ2n) is 7.40. The first-order valence-corrected chi connectivity index (χ1v) is 11.7. The van der Waals surface area contributed by atoms with Gasteiger partial charge in [0.1, 0.15) is 12.4 Å². The Morgan fingerprint density at radius 2 is 1.67 bits per heavy atom. The van der Waals surface area contributed by atoms with Gasteiger partial charge in [0.2, 0.25) is 5.91 Å². The van der Waals surface area contributed by atoms with E-state index in [1.54, 1.807) is 12.1 Å². The highest BCUT2D eigenvalue weighted by atomic mass is 35.5. The lowest BCUT2D eigenvalue weighted by molar-refractivity contribution is -0.113. The summed E-state index contributed by atoms with van der Waals surface area (Å²) in [6.45, 7) is 4.28. The Morgan fingerprint density at radius 3 is 2.39 bits per heavy atom. The molecule has 1 heterocycles. The van der Waals surface area contributed by atoms with E-state index in [-0.39, 0.29) is 18.3 Å². The molecule has 0 aliphatic rings. The Bertz CT molecular complexity index is 1240. The van der Waals surface area contributed by atoms with Gasteiger partial charge in [-0.05, 0) is 49.2 Å². The second kappa shape index (κ2) is 10.6. The van der Waals surface area contributed by atoms with Crippen LogP contribution in [0.3, 0.4) is 0 Å². The SMILES string of the molecule is Cc1cccc(C)c1OCc1nnc(SCC(=O)Nc2ccccc2Cl)n1-c1ccccc1. The molecule has 6 nitrogen and oxygen atoms in total. The van der Waals surface area contributed by atoms with Crippen molar-refractivity contribution in [2.75, 3.05) is 11.1 Å². The minimum absolute atomic E-state index is 0.161. The van der Waals surface area contributed by atoms with E-state index >= 15 is 0 Å². The third-order valence-electron chi connectivity index (χ3n) is 4.95. The molecule has 8 heteroatoms. The summed E-state index contributed by atoms with van der Waals surface area (Å²) in [5, 5.41) is 12.6. The summed E-state index contributed by atoms with van der Waals surface area (Å²) in [5.41, 5.74) is 3.60. The Labute approximate surface area is 202 Å². The number of nitrogens with zero attached hydrogens (tertiary/aromatic N) is 3. The Hall–Kier alpha value is -3.29. The van der Waals surface area contributed by atoms with E-state index in [4.69, 9.17) is 16.3 Å². The zero-order valence-electron chi connectivity index (χ0n) is 18.3. The maximum atomic E-state index is 12.5. The zero-order valence-corrected chi connectivity index (χ0v) is 19.9. The summed E-state index contributed by atoms with van der Waals surface area (Å²) >= 11 is 7.44. The lowest BCUT2D eigenvalue weighted by Gasteiger charge is -2.13. The smallest absolute Gasteiger partial charge is 0.234 e. The van der Waals surface area contributed by atoms with Crippen LogP contribution in [0.4, 0.5) is 5.69 Å². The number of para-hydroxylation sites is 3. The van der Waals surface area contributed by atoms with Crippen LogP contribution in [0.15, 0.2) is 78.0 Å². The average Bonchev–Trinajstić information content (AvgIpc) is 3.22. The van der Waals surface area contributed by atoms with E-state index in [1.165, 1.54) is 11.8 Å². The molecule has 0 unspecified atom stereocenters. The van der Waals surface area contributed by atoms with E-state index in [0.717, 1.165) is 22.6 Å². The van der Waals surface area contributed by atoms with Gasteiger partial charge in [-0.1, -0.05) is 71.9 Å². The Morgan fingerprint density at radius 1 is 0.970 bits per heavy atom.